The number of hydrogen-bond donors (Lipinski definition) is 0. The monoisotopic (exact) mass is 512 g/mol. The van der Waals surface area contributed by atoms with Crippen LogP contribution in [0.4, 0.5) is 0 Å². The van der Waals surface area contributed by atoms with Crippen LogP contribution in [-0.2, 0) is 15.7 Å². The van der Waals surface area contributed by atoms with Gasteiger partial charge < -0.3 is 0 Å². The summed E-state index contributed by atoms with van der Waals surface area (Å²) in [6.45, 7) is 6.71. The van der Waals surface area contributed by atoms with Gasteiger partial charge in [-0.25, -0.2) is 8.61 Å². The van der Waals surface area contributed by atoms with Gasteiger partial charge in [0.1, 0.15) is 0 Å². The number of benzene rings is 1. The summed E-state index contributed by atoms with van der Waals surface area (Å²) in [5.41, 5.74) is 2.49. The second-order valence-electron chi connectivity index (χ2n) is 5.65. The second kappa shape index (κ2) is 15.7. The van der Waals surface area contributed by atoms with Crippen LogP contribution in [0.15, 0.2) is 54.9 Å². The SMILES string of the molecule is CCC1N(SC)CCN1SC.Cc1ccncc1.[Cl][Ru]=[CH]c1ccccc1. The summed E-state index contributed by atoms with van der Waals surface area (Å²) < 4.78 is 6.97. The molecule has 2 heterocycles. The Bertz CT molecular complexity index is 620. The van der Waals surface area contributed by atoms with Crippen molar-refractivity contribution in [3.63, 3.8) is 0 Å². The Hall–Kier alpha value is -0.227. The molecule has 0 bridgehead atoms. The molecule has 0 N–H and O–H groups in total. The van der Waals surface area contributed by atoms with Gasteiger partial charge in [-0.2, -0.15) is 0 Å². The van der Waals surface area contributed by atoms with E-state index in [0.29, 0.717) is 6.17 Å². The molecule has 1 fully saturated rings. The van der Waals surface area contributed by atoms with Gasteiger partial charge in [-0.3, -0.25) is 4.98 Å². The summed E-state index contributed by atoms with van der Waals surface area (Å²) in [5, 5.41) is 0. The van der Waals surface area contributed by atoms with Crippen molar-refractivity contribution in [3.05, 3.63) is 66.0 Å². The van der Waals surface area contributed by atoms with Crippen LogP contribution in [-0.4, -0.2) is 50.0 Å². The summed E-state index contributed by atoms with van der Waals surface area (Å²) in [7, 11) is 5.57. The molecule has 0 amide bonds. The standard InChI is InChI=1S/C7H16N2S2.C7H6.C6H7N.ClH.Ru/c1-4-7-8(10-2)5-6-9(7)11-3;1-7-5-3-2-4-6-7;1-6-2-4-7-5-3-6;;/h7H,4-6H2,1-3H3;1-6H;2-5H,1H3;1H;/q;;;;+1/p-1. The average molecular weight is 512 g/mol. The van der Waals surface area contributed by atoms with Crippen LogP contribution in [0.25, 0.3) is 0 Å². The molecule has 7 heteroatoms. The van der Waals surface area contributed by atoms with Gasteiger partial charge in [0, 0.05) is 25.5 Å². The third-order valence-electron chi connectivity index (χ3n) is 3.84. The molecule has 0 radical (unpaired) electrons. The molecule has 3 nitrogen and oxygen atoms in total. The molecule has 3 rings (SSSR count). The summed E-state index contributed by atoms with van der Waals surface area (Å²) in [6.07, 6.45) is 9.77. The molecule has 0 atom stereocenters. The van der Waals surface area contributed by atoms with Crippen molar-refractivity contribution in [2.75, 3.05) is 25.6 Å². The van der Waals surface area contributed by atoms with Crippen molar-refractivity contribution in [3.8, 4) is 0 Å². The first-order valence-corrected chi connectivity index (χ1v) is 14.3. The molecule has 0 aliphatic carbocycles. The molecule has 0 unspecified atom stereocenters. The second-order valence-corrected chi connectivity index (χ2v) is 9.11. The van der Waals surface area contributed by atoms with Crippen molar-refractivity contribution in [2.24, 2.45) is 0 Å². The maximum absolute atomic E-state index is 5.57. The molecule has 0 spiro atoms. The minimum absolute atomic E-state index is 0.0765. The summed E-state index contributed by atoms with van der Waals surface area (Å²) in [4.78, 5) is 3.85. The van der Waals surface area contributed by atoms with E-state index in [-0.39, 0.29) is 15.7 Å². The Kier molecular flexibility index (Phi) is 14.4. The molecule has 1 aliphatic rings. The van der Waals surface area contributed by atoms with Crippen molar-refractivity contribution in [1.29, 1.82) is 0 Å². The van der Waals surface area contributed by atoms with E-state index in [1.807, 2.05) is 61.2 Å². The molecule has 27 heavy (non-hydrogen) atoms. The van der Waals surface area contributed by atoms with E-state index < -0.39 is 0 Å². The molecule has 1 aliphatic heterocycles. The number of pyridine rings is 1. The summed E-state index contributed by atoms with van der Waals surface area (Å²) >= 11 is 3.65. The van der Waals surface area contributed by atoms with Gasteiger partial charge in [0.2, 0.25) is 0 Å². The number of rotatable bonds is 4. The third-order valence-corrected chi connectivity index (χ3v) is 6.86. The Morgan fingerprint density at radius 2 is 1.63 bits per heavy atom. The Labute approximate surface area is 184 Å². The first kappa shape index (κ1) is 24.8. The van der Waals surface area contributed by atoms with Gasteiger partial charge in [-0.1, -0.05) is 30.8 Å². The molecule has 0 saturated carbocycles. The van der Waals surface area contributed by atoms with Crippen molar-refractivity contribution < 1.29 is 15.7 Å². The van der Waals surface area contributed by atoms with E-state index in [2.05, 4.69) is 49.8 Å². The van der Waals surface area contributed by atoms with Crippen LogP contribution >= 0.6 is 33.6 Å². The van der Waals surface area contributed by atoms with Gasteiger partial charge in [0.05, 0.1) is 6.17 Å². The minimum atomic E-state index is -0.0765. The quantitative estimate of drug-likeness (QED) is 0.405. The van der Waals surface area contributed by atoms with Crippen LogP contribution in [0.3, 0.4) is 0 Å². The molecule has 2 aromatic rings. The van der Waals surface area contributed by atoms with Crippen LogP contribution in [0.1, 0.15) is 24.5 Å². The van der Waals surface area contributed by atoms with E-state index in [9.17, 15) is 0 Å². The van der Waals surface area contributed by atoms with E-state index in [1.165, 1.54) is 30.6 Å². The van der Waals surface area contributed by atoms with Gasteiger partial charge in [0.25, 0.3) is 0 Å². The Morgan fingerprint density at radius 3 is 2.00 bits per heavy atom. The van der Waals surface area contributed by atoms with E-state index >= 15 is 0 Å². The summed E-state index contributed by atoms with van der Waals surface area (Å²) in [5.74, 6) is 0. The fraction of sp³-hybridized carbons (Fsp3) is 0.400. The van der Waals surface area contributed by atoms with E-state index in [0.717, 1.165) is 0 Å². The van der Waals surface area contributed by atoms with Crippen molar-refractivity contribution in [2.45, 2.75) is 26.4 Å². The Balaban J connectivity index is 0.000000208. The first-order valence-electron chi connectivity index (χ1n) is 8.74. The number of aromatic nitrogens is 1. The molecule has 1 saturated heterocycles. The average Bonchev–Trinajstić information content (AvgIpc) is 3.13. The number of hydrogen-bond acceptors (Lipinski definition) is 5. The molecular formula is C20H29ClN3RuS2. The predicted octanol–water partition coefficient (Wildman–Crippen LogP) is 5.36. The predicted molar refractivity (Wildman–Crippen MR) is 121 cm³/mol. The van der Waals surface area contributed by atoms with Crippen LogP contribution in [0.2, 0.25) is 0 Å². The van der Waals surface area contributed by atoms with E-state index in [1.54, 1.807) is 12.4 Å². The molecule has 1 aromatic carbocycles. The van der Waals surface area contributed by atoms with Gasteiger partial charge in [0.15, 0.2) is 0 Å². The third kappa shape index (κ3) is 10.2. The van der Waals surface area contributed by atoms with Gasteiger partial charge in [-0.05, 0) is 43.6 Å². The van der Waals surface area contributed by atoms with Gasteiger partial charge >= 0.3 is 65.9 Å². The van der Waals surface area contributed by atoms with Crippen LogP contribution in [0, 0.1) is 6.92 Å². The zero-order chi connectivity index (χ0) is 19.9. The first-order chi connectivity index (χ1) is 13.2. The number of halogens is 1. The fourth-order valence-electron chi connectivity index (χ4n) is 2.46. The van der Waals surface area contributed by atoms with Crippen LogP contribution in [0.5, 0.6) is 0 Å². The summed E-state index contributed by atoms with van der Waals surface area (Å²) in [6, 6.07) is 14.1. The normalized spacial score (nSPS) is 15.4. The van der Waals surface area contributed by atoms with Crippen molar-refractivity contribution >= 4 is 38.2 Å². The fourth-order valence-corrected chi connectivity index (χ4v) is 5.15. The van der Waals surface area contributed by atoms with E-state index in [4.69, 9.17) is 9.69 Å². The molecular weight excluding hydrogens is 483 g/mol. The zero-order valence-corrected chi connectivity index (χ0v) is 20.5. The maximum atomic E-state index is 5.57. The van der Waals surface area contributed by atoms with Crippen molar-refractivity contribution in [1.82, 2.24) is 13.6 Å². The number of nitrogens with zero attached hydrogens (tertiary/aromatic N) is 3. The molecule has 1 aromatic heterocycles. The Morgan fingerprint density at radius 1 is 1.07 bits per heavy atom. The topological polar surface area (TPSA) is 19.4 Å². The molecule has 151 valence electrons. The van der Waals surface area contributed by atoms with Gasteiger partial charge in [-0.15, -0.1) is 0 Å². The number of aryl methyl sites for hydroxylation is 1. The van der Waals surface area contributed by atoms with Crippen LogP contribution < -0.4 is 0 Å². The zero-order valence-electron chi connectivity index (χ0n) is 16.4.